The molecule has 1 aliphatic rings. The zero-order valence-corrected chi connectivity index (χ0v) is 11.8. The van der Waals surface area contributed by atoms with Crippen LogP contribution in [-0.4, -0.2) is 11.9 Å². The summed E-state index contributed by atoms with van der Waals surface area (Å²) in [7, 11) is 1.74. The fourth-order valence-electron chi connectivity index (χ4n) is 2.70. The molecule has 0 heterocycles. The van der Waals surface area contributed by atoms with Crippen molar-refractivity contribution in [3.63, 3.8) is 0 Å². The first kappa shape index (κ1) is 12.0. The number of ether oxygens (including phenoxy) is 1. The van der Waals surface area contributed by atoms with Gasteiger partial charge >= 0.3 is 0 Å². The highest BCUT2D eigenvalue weighted by molar-refractivity contribution is 9.09. The molecule has 1 nitrogen and oxygen atoms in total. The smallest absolute Gasteiger partial charge is 0.122 e. The Morgan fingerprint density at radius 2 is 1.94 bits per heavy atom. The normalized spacial score (nSPS) is 24.8. The number of halogens is 1. The molecule has 0 saturated heterocycles. The zero-order valence-electron chi connectivity index (χ0n) is 10.2. The molecule has 0 spiro atoms. The van der Waals surface area contributed by atoms with Gasteiger partial charge in [-0.15, -0.1) is 0 Å². The molecular weight excluding hydrogens is 264 g/mol. The molecule has 2 unspecified atom stereocenters. The van der Waals surface area contributed by atoms with Crippen molar-refractivity contribution in [3.05, 3.63) is 28.8 Å². The van der Waals surface area contributed by atoms with Gasteiger partial charge in [0.05, 0.1) is 7.11 Å². The second-order valence-electron chi connectivity index (χ2n) is 4.73. The van der Waals surface area contributed by atoms with Crippen LogP contribution >= 0.6 is 15.9 Å². The van der Waals surface area contributed by atoms with Crippen LogP contribution in [0.25, 0.3) is 0 Å². The molecule has 0 aliphatic heterocycles. The Morgan fingerprint density at radius 1 is 1.19 bits per heavy atom. The predicted octanol–water partition coefficient (Wildman–Crippen LogP) is 4.34. The van der Waals surface area contributed by atoms with Gasteiger partial charge in [0.25, 0.3) is 0 Å². The van der Waals surface area contributed by atoms with Crippen LogP contribution in [0.2, 0.25) is 0 Å². The third kappa shape index (κ3) is 2.13. The number of methoxy groups -OCH3 is 1. The maximum atomic E-state index is 5.36. The van der Waals surface area contributed by atoms with Gasteiger partial charge in [0, 0.05) is 4.83 Å². The van der Waals surface area contributed by atoms with E-state index in [2.05, 4.69) is 41.9 Å². The molecular formula is C14H19BrO. The van der Waals surface area contributed by atoms with E-state index in [1.54, 1.807) is 7.11 Å². The number of benzene rings is 1. The molecule has 1 aromatic rings. The SMILES string of the molecule is COc1cc(C)c(C2CCCC2Br)cc1C. The van der Waals surface area contributed by atoms with Gasteiger partial charge in [0.1, 0.15) is 5.75 Å². The monoisotopic (exact) mass is 282 g/mol. The van der Waals surface area contributed by atoms with Gasteiger partial charge in [-0.3, -0.25) is 0 Å². The lowest BCUT2D eigenvalue weighted by molar-refractivity contribution is 0.411. The standard InChI is InChI=1S/C14H19BrO/c1-9-8-14(16-3)10(2)7-12(9)11-5-4-6-13(11)15/h7-8,11,13H,4-6H2,1-3H3. The first-order valence-corrected chi connectivity index (χ1v) is 6.84. The van der Waals surface area contributed by atoms with E-state index in [9.17, 15) is 0 Å². The number of rotatable bonds is 2. The van der Waals surface area contributed by atoms with Crippen LogP contribution in [0.1, 0.15) is 41.9 Å². The fourth-order valence-corrected chi connectivity index (χ4v) is 3.57. The topological polar surface area (TPSA) is 9.23 Å². The molecule has 0 N–H and O–H groups in total. The summed E-state index contributed by atoms with van der Waals surface area (Å²) in [5.41, 5.74) is 4.10. The Morgan fingerprint density at radius 3 is 2.50 bits per heavy atom. The summed E-state index contributed by atoms with van der Waals surface area (Å²) in [4.78, 5) is 0.652. The van der Waals surface area contributed by atoms with Gasteiger partial charge in [-0.25, -0.2) is 0 Å². The van der Waals surface area contributed by atoms with Crippen molar-refractivity contribution in [2.24, 2.45) is 0 Å². The zero-order chi connectivity index (χ0) is 11.7. The minimum Gasteiger partial charge on any atom is -0.496 e. The van der Waals surface area contributed by atoms with Crippen LogP contribution in [0.4, 0.5) is 0 Å². The van der Waals surface area contributed by atoms with E-state index >= 15 is 0 Å². The average molecular weight is 283 g/mol. The first-order valence-electron chi connectivity index (χ1n) is 5.92. The number of aryl methyl sites for hydroxylation is 2. The largest absolute Gasteiger partial charge is 0.496 e. The molecule has 0 aromatic heterocycles. The van der Waals surface area contributed by atoms with Gasteiger partial charge < -0.3 is 4.74 Å². The van der Waals surface area contributed by atoms with Crippen LogP contribution in [0.3, 0.4) is 0 Å². The van der Waals surface area contributed by atoms with Gasteiger partial charge in [0.2, 0.25) is 0 Å². The summed E-state index contributed by atoms with van der Waals surface area (Å²) in [5, 5.41) is 0. The number of hydrogen-bond acceptors (Lipinski definition) is 1. The van der Waals surface area contributed by atoms with Crippen molar-refractivity contribution in [1.82, 2.24) is 0 Å². The summed E-state index contributed by atoms with van der Waals surface area (Å²) in [5.74, 6) is 1.69. The Hall–Kier alpha value is -0.500. The molecule has 2 heteroatoms. The Labute approximate surface area is 106 Å². The molecule has 1 fully saturated rings. The van der Waals surface area contributed by atoms with Gasteiger partial charge in [-0.05, 0) is 55.4 Å². The molecule has 1 saturated carbocycles. The van der Waals surface area contributed by atoms with E-state index in [1.165, 1.54) is 36.0 Å². The average Bonchev–Trinajstić information content (AvgIpc) is 2.67. The van der Waals surface area contributed by atoms with Crippen molar-refractivity contribution in [2.75, 3.05) is 7.11 Å². The van der Waals surface area contributed by atoms with Crippen LogP contribution < -0.4 is 4.74 Å². The second kappa shape index (κ2) is 4.79. The summed E-state index contributed by atoms with van der Waals surface area (Å²) in [6.45, 7) is 4.31. The Balaban J connectivity index is 2.37. The molecule has 88 valence electrons. The van der Waals surface area contributed by atoms with Gasteiger partial charge in [-0.1, -0.05) is 28.4 Å². The van der Waals surface area contributed by atoms with E-state index in [1.807, 2.05) is 0 Å². The summed E-state index contributed by atoms with van der Waals surface area (Å²) >= 11 is 3.80. The lowest BCUT2D eigenvalue weighted by Crippen LogP contribution is -2.07. The molecule has 0 bridgehead atoms. The summed E-state index contributed by atoms with van der Waals surface area (Å²) < 4.78 is 5.36. The minimum atomic E-state index is 0.652. The van der Waals surface area contributed by atoms with Crippen molar-refractivity contribution in [1.29, 1.82) is 0 Å². The van der Waals surface area contributed by atoms with Crippen LogP contribution in [0.15, 0.2) is 12.1 Å². The Kier molecular flexibility index (Phi) is 3.58. The molecule has 2 atom stereocenters. The number of hydrogen-bond donors (Lipinski definition) is 0. The van der Waals surface area contributed by atoms with Crippen molar-refractivity contribution >= 4 is 15.9 Å². The predicted molar refractivity (Wildman–Crippen MR) is 71.8 cm³/mol. The number of alkyl halides is 1. The first-order chi connectivity index (χ1) is 7.63. The van der Waals surface area contributed by atoms with Crippen LogP contribution in [0.5, 0.6) is 5.75 Å². The van der Waals surface area contributed by atoms with E-state index < -0.39 is 0 Å². The van der Waals surface area contributed by atoms with Gasteiger partial charge in [0.15, 0.2) is 0 Å². The van der Waals surface area contributed by atoms with Crippen molar-refractivity contribution in [2.45, 2.75) is 43.9 Å². The van der Waals surface area contributed by atoms with Crippen LogP contribution in [-0.2, 0) is 0 Å². The third-order valence-electron chi connectivity index (χ3n) is 3.61. The highest BCUT2D eigenvalue weighted by atomic mass is 79.9. The maximum Gasteiger partial charge on any atom is 0.122 e. The minimum absolute atomic E-state index is 0.652. The van der Waals surface area contributed by atoms with Gasteiger partial charge in [-0.2, -0.15) is 0 Å². The van der Waals surface area contributed by atoms with E-state index in [0.29, 0.717) is 10.7 Å². The summed E-state index contributed by atoms with van der Waals surface area (Å²) in [6.07, 6.45) is 3.95. The van der Waals surface area contributed by atoms with Crippen molar-refractivity contribution in [3.8, 4) is 5.75 Å². The lowest BCUT2D eigenvalue weighted by Gasteiger charge is -2.19. The van der Waals surface area contributed by atoms with E-state index in [-0.39, 0.29) is 0 Å². The lowest BCUT2D eigenvalue weighted by atomic mass is 9.91. The molecule has 1 aromatic carbocycles. The molecule has 2 rings (SSSR count). The summed E-state index contributed by atoms with van der Waals surface area (Å²) in [6, 6.07) is 4.47. The highest BCUT2D eigenvalue weighted by Crippen LogP contribution is 2.41. The Bertz CT molecular complexity index is 387. The maximum absolute atomic E-state index is 5.36. The fraction of sp³-hybridized carbons (Fsp3) is 0.571. The van der Waals surface area contributed by atoms with Crippen LogP contribution in [0, 0.1) is 13.8 Å². The van der Waals surface area contributed by atoms with E-state index in [0.717, 1.165) is 5.75 Å². The molecule has 0 amide bonds. The molecule has 1 aliphatic carbocycles. The molecule has 0 radical (unpaired) electrons. The second-order valence-corrected chi connectivity index (χ2v) is 5.91. The highest BCUT2D eigenvalue weighted by Gasteiger charge is 2.27. The quantitative estimate of drug-likeness (QED) is 0.733. The van der Waals surface area contributed by atoms with Crippen molar-refractivity contribution < 1.29 is 4.74 Å². The van der Waals surface area contributed by atoms with E-state index in [4.69, 9.17) is 4.74 Å². The third-order valence-corrected chi connectivity index (χ3v) is 4.71. The molecule has 16 heavy (non-hydrogen) atoms.